The molecule has 2 aliphatic carbocycles. The maximum atomic E-state index is 13.5. The molecule has 0 radical (unpaired) electrons. The molecule has 1 aliphatic heterocycles. The predicted octanol–water partition coefficient (Wildman–Crippen LogP) is 3.89. The summed E-state index contributed by atoms with van der Waals surface area (Å²) in [5, 5.41) is 8.61. The molecule has 2 saturated carbocycles. The van der Waals surface area contributed by atoms with Crippen LogP contribution in [0, 0.1) is 17.2 Å². The van der Waals surface area contributed by atoms with Gasteiger partial charge in [0.15, 0.2) is 0 Å². The van der Waals surface area contributed by atoms with Crippen LogP contribution in [0.3, 0.4) is 0 Å². The summed E-state index contributed by atoms with van der Waals surface area (Å²) < 4.78 is 15.7. The zero-order valence-electron chi connectivity index (χ0n) is 15.1. The first kappa shape index (κ1) is 17.2. The van der Waals surface area contributed by atoms with Crippen molar-refractivity contribution in [1.29, 1.82) is 0 Å². The molecule has 1 amide bonds. The maximum Gasteiger partial charge on any atom is 0.253 e. The fourth-order valence-corrected chi connectivity index (χ4v) is 4.86. The van der Waals surface area contributed by atoms with E-state index in [2.05, 4.69) is 14.8 Å². The summed E-state index contributed by atoms with van der Waals surface area (Å²) in [5.41, 5.74) is 0.546. The van der Waals surface area contributed by atoms with E-state index in [0.717, 1.165) is 37.7 Å². The standard InChI is InChI=1S/C20H22ClFN4O/c21-16-8-14(4-5-17(16)22)19(27)25-10-15(20(11-25)6-1-7-20)18-24-23-12-26(18)9-13-2-3-13/h4-5,8,12-13,15H,1-3,6-7,9-11H2. The molecule has 1 spiro atoms. The normalized spacial score (nSPS) is 23.6. The van der Waals surface area contributed by atoms with Crippen LogP contribution in [0.1, 0.15) is 54.2 Å². The number of aromatic nitrogens is 3. The van der Waals surface area contributed by atoms with Gasteiger partial charge in [-0.15, -0.1) is 10.2 Å². The highest BCUT2D eigenvalue weighted by Gasteiger charge is 2.53. The van der Waals surface area contributed by atoms with Crippen molar-refractivity contribution in [2.45, 2.75) is 44.6 Å². The second-order valence-electron chi connectivity index (χ2n) is 8.37. The van der Waals surface area contributed by atoms with Crippen molar-refractivity contribution in [3.63, 3.8) is 0 Å². The van der Waals surface area contributed by atoms with Crippen molar-refractivity contribution >= 4 is 17.5 Å². The summed E-state index contributed by atoms with van der Waals surface area (Å²) in [6.45, 7) is 2.34. The van der Waals surface area contributed by atoms with Crippen LogP contribution in [0.5, 0.6) is 0 Å². The molecule has 0 N–H and O–H groups in total. The van der Waals surface area contributed by atoms with Gasteiger partial charge >= 0.3 is 0 Å². The van der Waals surface area contributed by atoms with Crippen LogP contribution in [0.4, 0.5) is 4.39 Å². The van der Waals surface area contributed by atoms with E-state index in [1.54, 1.807) is 0 Å². The third-order valence-electron chi connectivity index (χ3n) is 6.56. The van der Waals surface area contributed by atoms with Crippen LogP contribution in [-0.2, 0) is 6.54 Å². The number of rotatable bonds is 4. The molecule has 0 bridgehead atoms. The van der Waals surface area contributed by atoms with Crippen molar-refractivity contribution in [3.8, 4) is 0 Å². The van der Waals surface area contributed by atoms with E-state index in [-0.39, 0.29) is 22.3 Å². The second kappa shape index (κ2) is 6.30. The minimum Gasteiger partial charge on any atom is -0.337 e. The Morgan fingerprint density at radius 3 is 2.81 bits per heavy atom. The molecule has 7 heteroatoms. The monoisotopic (exact) mass is 388 g/mol. The van der Waals surface area contributed by atoms with Gasteiger partial charge in [0.1, 0.15) is 18.0 Å². The van der Waals surface area contributed by atoms with Crippen molar-refractivity contribution in [2.24, 2.45) is 11.3 Å². The summed E-state index contributed by atoms with van der Waals surface area (Å²) in [6, 6.07) is 4.20. The van der Waals surface area contributed by atoms with Crippen LogP contribution >= 0.6 is 11.6 Å². The first-order chi connectivity index (χ1) is 13.1. The van der Waals surface area contributed by atoms with Gasteiger partial charge in [0.2, 0.25) is 0 Å². The Kier molecular flexibility index (Phi) is 4.00. The number of likely N-dealkylation sites (tertiary alicyclic amines) is 1. The highest BCUT2D eigenvalue weighted by atomic mass is 35.5. The van der Waals surface area contributed by atoms with Crippen LogP contribution in [-0.4, -0.2) is 38.7 Å². The lowest BCUT2D eigenvalue weighted by Gasteiger charge is -2.42. The second-order valence-corrected chi connectivity index (χ2v) is 8.78. The largest absolute Gasteiger partial charge is 0.337 e. The Morgan fingerprint density at radius 1 is 1.33 bits per heavy atom. The number of benzene rings is 1. The van der Waals surface area contributed by atoms with Gasteiger partial charge in [-0.3, -0.25) is 4.79 Å². The number of nitrogens with zero attached hydrogens (tertiary/aromatic N) is 4. The molecular formula is C20H22ClFN4O. The van der Waals surface area contributed by atoms with Gasteiger partial charge in [-0.25, -0.2) is 4.39 Å². The van der Waals surface area contributed by atoms with Gasteiger partial charge in [0.25, 0.3) is 5.91 Å². The number of carbonyl (C=O) groups excluding carboxylic acids is 1. The Labute approximate surface area is 162 Å². The molecule has 1 aromatic carbocycles. The van der Waals surface area contributed by atoms with E-state index in [4.69, 9.17) is 11.6 Å². The zero-order valence-corrected chi connectivity index (χ0v) is 15.8. The van der Waals surface area contributed by atoms with Gasteiger partial charge in [-0.2, -0.15) is 0 Å². The number of hydrogen-bond donors (Lipinski definition) is 0. The lowest BCUT2D eigenvalue weighted by molar-refractivity contribution is 0.0723. The molecular weight excluding hydrogens is 367 g/mol. The molecule has 1 aromatic heterocycles. The maximum absolute atomic E-state index is 13.5. The van der Waals surface area contributed by atoms with Gasteiger partial charge in [-0.1, -0.05) is 18.0 Å². The quantitative estimate of drug-likeness (QED) is 0.798. The predicted molar refractivity (Wildman–Crippen MR) is 99.1 cm³/mol. The van der Waals surface area contributed by atoms with Gasteiger partial charge in [-0.05, 0) is 55.2 Å². The Bertz CT molecular complexity index is 890. The van der Waals surface area contributed by atoms with Crippen LogP contribution in [0.15, 0.2) is 24.5 Å². The topological polar surface area (TPSA) is 51.0 Å². The summed E-state index contributed by atoms with van der Waals surface area (Å²) >= 11 is 5.88. The molecule has 142 valence electrons. The van der Waals surface area contributed by atoms with E-state index in [1.165, 1.54) is 37.5 Å². The fourth-order valence-electron chi connectivity index (χ4n) is 4.68. The minimum atomic E-state index is -0.504. The average Bonchev–Trinajstić information content (AvgIpc) is 3.16. The minimum absolute atomic E-state index is 0.0147. The summed E-state index contributed by atoms with van der Waals surface area (Å²) in [6.07, 6.45) is 7.82. The lowest BCUT2D eigenvalue weighted by Crippen LogP contribution is -2.38. The summed E-state index contributed by atoms with van der Waals surface area (Å²) in [5.74, 6) is 1.40. The third kappa shape index (κ3) is 2.94. The molecule has 1 atom stereocenters. The van der Waals surface area contributed by atoms with Crippen LogP contribution < -0.4 is 0 Å². The molecule has 2 aromatic rings. The van der Waals surface area contributed by atoms with Crippen molar-refractivity contribution in [3.05, 3.63) is 46.8 Å². The first-order valence-corrected chi connectivity index (χ1v) is 10.1. The molecule has 1 unspecified atom stereocenters. The molecule has 5 rings (SSSR count). The van der Waals surface area contributed by atoms with Crippen molar-refractivity contribution in [2.75, 3.05) is 13.1 Å². The van der Waals surface area contributed by atoms with Crippen LogP contribution in [0.2, 0.25) is 5.02 Å². The first-order valence-electron chi connectivity index (χ1n) is 9.68. The SMILES string of the molecule is O=C(c1ccc(F)c(Cl)c1)N1CC(c2nncn2CC2CC2)C2(CCC2)C1. The van der Waals surface area contributed by atoms with E-state index < -0.39 is 5.82 Å². The average molecular weight is 389 g/mol. The molecule has 5 nitrogen and oxygen atoms in total. The highest BCUT2D eigenvalue weighted by molar-refractivity contribution is 6.31. The number of carbonyl (C=O) groups is 1. The van der Waals surface area contributed by atoms with E-state index in [9.17, 15) is 9.18 Å². The Hall–Kier alpha value is -1.95. The molecule has 1 saturated heterocycles. The number of halogens is 2. The Morgan fingerprint density at radius 2 is 2.15 bits per heavy atom. The summed E-state index contributed by atoms with van der Waals surface area (Å²) in [4.78, 5) is 14.9. The van der Waals surface area contributed by atoms with E-state index >= 15 is 0 Å². The molecule has 3 fully saturated rings. The third-order valence-corrected chi connectivity index (χ3v) is 6.85. The lowest BCUT2D eigenvalue weighted by atomic mass is 9.62. The fraction of sp³-hybridized carbons (Fsp3) is 0.550. The highest BCUT2D eigenvalue weighted by Crippen LogP contribution is 2.55. The van der Waals surface area contributed by atoms with Crippen molar-refractivity contribution in [1.82, 2.24) is 19.7 Å². The van der Waals surface area contributed by atoms with Crippen molar-refractivity contribution < 1.29 is 9.18 Å². The van der Waals surface area contributed by atoms with E-state index in [0.29, 0.717) is 12.1 Å². The summed E-state index contributed by atoms with van der Waals surface area (Å²) in [7, 11) is 0. The van der Waals surface area contributed by atoms with Gasteiger partial charge < -0.3 is 9.47 Å². The molecule has 27 heavy (non-hydrogen) atoms. The number of hydrogen-bond acceptors (Lipinski definition) is 3. The molecule has 2 heterocycles. The number of amides is 1. The van der Waals surface area contributed by atoms with Crippen LogP contribution in [0.25, 0.3) is 0 Å². The smallest absolute Gasteiger partial charge is 0.253 e. The Balaban J connectivity index is 1.41. The zero-order chi connectivity index (χ0) is 18.6. The molecule has 3 aliphatic rings. The van der Waals surface area contributed by atoms with Gasteiger partial charge in [0.05, 0.1) is 5.02 Å². The van der Waals surface area contributed by atoms with E-state index in [1.807, 2.05) is 11.2 Å². The van der Waals surface area contributed by atoms with Gasteiger partial charge in [0, 0.05) is 31.1 Å².